The smallest absolute Gasteiger partial charge is 0.269 e. The Labute approximate surface area is 141 Å². The molecule has 0 spiro atoms. The van der Waals surface area contributed by atoms with E-state index >= 15 is 0 Å². The molecule has 6 heteroatoms. The average Bonchev–Trinajstić information content (AvgIpc) is 3.21. The van der Waals surface area contributed by atoms with Crippen LogP contribution in [0.2, 0.25) is 0 Å². The van der Waals surface area contributed by atoms with E-state index in [1.807, 2.05) is 17.5 Å². The third-order valence-corrected chi connectivity index (χ3v) is 4.70. The Balaban J connectivity index is 1.56. The van der Waals surface area contributed by atoms with Gasteiger partial charge in [0.2, 0.25) is 0 Å². The molecule has 2 aromatic carbocycles. The first-order chi connectivity index (χ1) is 11.7. The number of non-ortho nitro benzene ring substituents is 1. The van der Waals surface area contributed by atoms with Crippen LogP contribution in [0.25, 0.3) is 22.2 Å². The molecule has 0 bridgehead atoms. The number of aromatic nitrogens is 2. The monoisotopic (exact) mass is 335 g/mol. The van der Waals surface area contributed by atoms with Gasteiger partial charge in [0.1, 0.15) is 0 Å². The number of H-pyrrole nitrogens is 1. The molecule has 0 amide bonds. The Kier molecular flexibility index (Phi) is 3.59. The summed E-state index contributed by atoms with van der Waals surface area (Å²) >= 11 is 1.59. The maximum Gasteiger partial charge on any atom is 0.269 e. The summed E-state index contributed by atoms with van der Waals surface area (Å²) < 4.78 is 0. The largest absolute Gasteiger partial charge is 0.358 e. The van der Waals surface area contributed by atoms with Crippen LogP contribution in [0.5, 0.6) is 0 Å². The zero-order valence-electron chi connectivity index (χ0n) is 12.6. The minimum Gasteiger partial charge on any atom is -0.358 e. The van der Waals surface area contributed by atoms with Gasteiger partial charge in [-0.1, -0.05) is 18.2 Å². The molecule has 0 aliphatic rings. The second-order valence-corrected chi connectivity index (χ2v) is 6.43. The molecule has 0 atom stereocenters. The topological polar surface area (TPSA) is 71.8 Å². The SMILES string of the molecule is O=[N+]([O-])c1ccc(-c2csc(Cc3cc4ccccc4[nH]3)n2)cc1. The van der Waals surface area contributed by atoms with Crippen molar-refractivity contribution in [1.29, 1.82) is 0 Å². The molecule has 5 nitrogen and oxygen atoms in total. The van der Waals surface area contributed by atoms with Crippen molar-refractivity contribution >= 4 is 27.9 Å². The summed E-state index contributed by atoms with van der Waals surface area (Å²) in [6.07, 6.45) is 0.742. The molecule has 0 aliphatic heterocycles. The van der Waals surface area contributed by atoms with E-state index in [0.717, 1.165) is 33.9 Å². The van der Waals surface area contributed by atoms with Gasteiger partial charge in [0.05, 0.1) is 15.6 Å². The fourth-order valence-electron chi connectivity index (χ4n) is 2.67. The van der Waals surface area contributed by atoms with Gasteiger partial charge in [-0.15, -0.1) is 11.3 Å². The molecule has 1 N–H and O–H groups in total. The molecule has 0 radical (unpaired) electrons. The molecule has 4 aromatic rings. The van der Waals surface area contributed by atoms with E-state index in [9.17, 15) is 10.1 Å². The number of hydrogen-bond donors (Lipinski definition) is 1. The highest BCUT2D eigenvalue weighted by molar-refractivity contribution is 7.10. The van der Waals surface area contributed by atoms with Gasteiger partial charge in [-0.25, -0.2) is 4.98 Å². The van der Waals surface area contributed by atoms with Crippen LogP contribution < -0.4 is 0 Å². The lowest BCUT2D eigenvalue weighted by atomic mass is 10.1. The number of rotatable bonds is 4. The van der Waals surface area contributed by atoms with E-state index < -0.39 is 4.92 Å². The van der Waals surface area contributed by atoms with Crippen LogP contribution in [0.3, 0.4) is 0 Å². The van der Waals surface area contributed by atoms with Crippen LogP contribution in [0.4, 0.5) is 5.69 Å². The number of nitrogens with one attached hydrogen (secondary N) is 1. The zero-order chi connectivity index (χ0) is 16.5. The van der Waals surface area contributed by atoms with Crippen molar-refractivity contribution in [1.82, 2.24) is 9.97 Å². The van der Waals surface area contributed by atoms with Gasteiger partial charge in [0, 0.05) is 40.7 Å². The average molecular weight is 335 g/mol. The first-order valence-electron chi connectivity index (χ1n) is 7.45. The van der Waals surface area contributed by atoms with E-state index in [1.54, 1.807) is 23.5 Å². The van der Waals surface area contributed by atoms with Crippen molar-refractivity contribution < 1.29 is 4.92 Å². The number of hydrogen-bond acceptors (Lipinski definition) is 4. The summed E-state index contributed by atoms with van der Waals surface area (Å²) in [6, 6.07) is 16.8. The molecule has 24 heavy (non-hydrogen) atoms. The highest BCUT2D eigenvalue weighted by Crippen LogP contribution is 2.26. The van der Waals surface area contributed by atoms with Crippen molar-refractivity contribution in [3.05, 3.63) is 80.8 Å². The second kappa shape index (κ2) is 5.90. The van der Waals surface area contributed by atoms with Crippen molar-refractivity contribution in [3.8, 4) is 11.3 Å². The minimum atomic E-state index is -0.397. The number of para-hydroxylation sites is 1. The summed E-state index contributed by atoms with van der Waals surface area (Å²) in [5.41, 5.74) is 4.08. The number of nitrogens with zero attached hydrogens (tertiary/aromatic N) is 2. The van der Waals surface area contributed by atoms with Crippen LogP contribution in [0.15, 0.2) is 60.0 Å². The van der Waals surface area contributed by atoms with Crippen LogP contribution in [0.1, 0.15) is 10.7 Å². The molecule has 118 valence electrons. The number of nitro groups is 1. The highest BCUT2D eigenvalue weighted by atomic mass is 32.1. The van der Waals surface area contributed by atoms with Gasteiger partial charge < -0.3 is 4.98 Å². The fourth-order valence-corrected chi connectivity index (χ4v) is 3.50. The zero-order valence-corrected chi connectivity index (χ0v) is 13.4. The summed E-state index contributed by atoms with van der Waals surface area (Å²) in [4.78, 5) is 18.4. The third-order valence-electron chi connectivity index (χ3n) is 3.85. The molecule has 0 saturated carbocycles. The van der Waals surface area contributed by atoms with E-state index in [1.165, 1.54) is 17.5 Å². The first-order valence-corrected chi connectivity index (χ1v) is 8.33. The summed E-state index contributed by atoms with van der Waals surface area (Å²) in [5, 5.41) is 14.9. The number of fused-ring (bicyclic) bond motifs is 1. The lowest BCUT2D eigenvalue weighted by Crippen LogP contribution is -1.89. The van der Waals surface area contributed by atoms with Gasteiger partial charge in [0.15, 0.2) is 0 Å². The number of benzene rings is 2. The molecule has 2 aromatic heterocycles. The van der Waals surface area contributed by atoms with Gasteiger partial charge in [-0.05, 0) is 29.7 Å². The molecule has 2 heterocycles. The van der Waals surface area contributed by atoms with Crippen LogP contribution >= 0.6 is 11.3 Å². The van der Waals surface area contributed by atoms with Gasteiger partial charge >= 0.3 is 0 Å². The predicted octanol–water partition coefficient (Wildman–Crippen LogP) is 4.79. The molecule has 0 aliphatic carbocycles. The Bertz CT molecular complexity index is 985. The Hall–Kier alpha value is -2.99. The van der Waals surface area contributed by atoms with Crippen molar-refractivity contribution in [2.75, 3.05) is 0 Å². The highest BCUT2D eigenvalue weighted by Gasteiger charge is 2.09. The quantitative estimate of drug-likeness (QED) is 0.430. The lowest BCUT2D eigenvalue weighted by molar-refractivity contribution is -0.384. The van der Waals surface area contributed by atoms with Crippen molar-refractivity contribution in [2.45, 2.75) is 6.42 Å². The number of nitro benzene ring substituents is 1. The second-order valence-electron chi connectivity index (χ2n) is 5.49. The maximum absolute atomic E-state index is 10.7. The van der Waals surface area contributed by atoms with E-state index in [4.69, 9.17) is 0 Å². The summed E-state index contributed by atoms with van der Waals surface area (Å²) in [5.74, 6) is 0. The van der Waals surface area contributed by atoms with E-state index in [0.29, 0.717) is 0 Å². The Morgan fingerprint density at radius 3 is 2.67 bits per heavy atom. The van der Waals surface area contributed by atoms with Gasteiger partial charge in [-0.2, -0.15) is 0 Å². The lowest BCUT2D eigenvalue weighted by Gasteiger charge is -1.96. The molecule has 0 unspecified atom stereocenters. The number of thiazole rings is 1. The van der Waals surface area contributed by atoms with Gasteiger partial charge in [0.25, 0.3) is 5.69 Å². The molecular formula is C18H13N3O2S. The van der Waals surface area contributed by atoms with Crippen molar-refractivity contribution in [2.24, 2.45) is 0 Å². The van der Waals surface area contributed by atoms with Gasteiger partial charge in [-0.3, -0.25) is 10.1 Å². The van der Waals surface area contributed by atoms with E-state index in [-0.39, 0.29) is 5.69 Å². The first kappa shape index (κ1) is 14.6. The Morgan fingerprint density at radius 1 is 1.12 bits per heavy atom. The fraction of sp³-hybridized carbons (Fsp3) is 0.0556. The minimum absolute atomic E-state index is 0.0901. The molecule has 4 rings (SSSR count). The summed E-state index contributed by atoms with van der Waals surface area (Å²) in [6.45, 7) is 0. The maximum atomic E-state index is 10.7. The van der Waals surface area contributed by atoms with Crippen molar-refractivity contribution in [3.63, 3.8) is 0 Å². The Morgan fingerprint density at radius 2 is 1.92 bits per heavy atom. The third kappa shape index (κ3) is 2.79. The van der Waals surface area contributed by atoms with Crippen LogP contribution in [-0.4, -0.2) is 14.9 Å². The standard InChI is InChI=1S/C18H13N3O2S/c22-21(23)15-7-5-12(6-8-15)17-11-24-18(20-17)10-14-9-13-3-1-2-4-16(13)19-14/h1-9,11,19H,10H2. The molecular weight excluding hydrogens is 322 g/mol. The number of aromatic amines is 1. The van der Waals surface area contributed by atoms with Crippen LogP contribution in [0, 0.1) is 10.1 Å². The van der Waals surface area contributed by atoms with Crippen LogP contribution in [-0.2, 0) is 6.42 Å². The summed E-state index contributed by atoms with van der Waals surface area (Å²) in [7, 11) is 0. The predicted molar refractivity (Wildman–Crippen MR) is 95.3 cm³/mol. The molecule has 0 fully saturated rings. The molecule has 0 saturated heterocycles. The normalized spacial score (nSPS) is 11.0. The van der Waals surface area contributed by atoms with E-state index in [2.05, 4.69) is 28.2 Å².